The fourth-order valence-corrected chi connectivity index (χ4v) is 3.20. The van der Waals surface area contributed by atoms with Gasteiger partial charge in [0.1, 0.15) is 6.33 Å². The van der Waals surface area contributed by atoms with Crippen molar-refractivity contribution in [3.8, 4) is 0 Å². The van der Waals surface area contributed by atoms with E-state index in [0.717, 1.165) is 22.9 Å². The van der Waals surface area contributed by atoms with E-state index in [9.17, 15) is 5.11 Å². The average molecular weight is 275 g/mol. The molecule has 1 atom stereocenters. The Morgan fingerprint density at radius 2 is 2.35 bits per heavy atom. The van der Waals surface area contributed by atoms with Gasteiger partial charge in [-0.25, -0.2) is 4.98 Å². The Morgan fingerprint density at radius 3 is 2.88 bits per heavy atom. The zero-order valence-electron chi connectivity index (χ0n) is 10.6. The number of thioether (sulfide) groups is 1. The Labute approximate surface area is 111 Å². The first-order valence-electron chi connectivity index (χ1n) is 5.84. The fraction of sp³-hybridized carbons (Fsp3) is 0.818. The Bertz CT molecular complexity index is 306. The Hall–Kier alpha value is -0.170. The molecular weight excluding hydrogens is 254 g/mol. The zero-order valence-corrected chi connectivity index (χ0v) is 12.3. The van der Waals surface area contributed by atoms with Crippen LogP contribution in [-0.2, 0) is 0 Å². The minimum atomic E-state index is -0.171. The van der Waals surface area contributed by atoms with Gasteiger partial charge >= 0.3 is 0 Å². The first kappa shape index (κ1) is 14.9. The van der Waals surface area contributed by atoms with E-state index in [4.69, 9.17) is 0 Å². The summed E-state index contributed by atoms with van der Waals surface area (Å²) in [6.07, 6.45) is 3.61. The summed E-state index contributed by atoms with van der Waals surface area (Å²) in [7, 11) is 0. The molecule has 0 fully saturated rings. The second-order valence-corrected chi connectivity index (χ2v) is 6.80. The lowest BCUT2D eigenvalue weighted by Gasteiger charge is -2.31. The van der Waals surface area contributed by atoms with Crippen LogP contribution >= 0.6 is 23.3 Å². The standard InChI is InChI=1S/C11H21N3OS2/c1-9(2)14-11(3,7-15)5-4-6-16-10-12-8-13-17-10/h8-9,14-15H,4-7H2,1-3H3. The Balaban J connectivity index is 2.23. The second-order valence-electron chi connectivity index (χ2n) is 4.68. The normalized spacial score (nSPS) is 15.1. The molecule has 98 valence electrons. The van der Waals surface area contributed by atoms with Gasteiger partial charge in [0.2, 0.25) is 0 Å². The van der Waals surface area contributed by atoms with Crippen molar-refractivity contribution in [3.63, 3.8) is 0 Å². The molecule has 2 N–H and O–H groups in total. The third kappa shape index (κ3) is 5.81. The van der Waals surface area contributed by atoms with E-state index in [1.54, 1.807) is 18.1 Å². The molecule has 0 saturated carbocycles. The largest absolute Gasteiger partial charge is 0.394 e. The van der Waals surface area contributed by atoms with Crippen molar-refractivity contribution in [1.82, 2.24) is 14.7 Å². The maximum Gasteiger partial charge on any atom is 0.169 e. The van der Waals surface area contributed by atoms with Crippen molar-refractivity contribution in [1.29, 1.82) is 0 Å². The van der Waals surface area contributed by atoms with Gasteiger partial charge in [0.05, 0.1) is 6.61 Å². The molecule has 0 bridgehead atoms. The maximum atomic E-state index is 9.43. The highest BCUT2D eigenvalue weighted by molar-refractivity contribution is 8.00. The van der Waals surface area contributed by atoms with E-state index in [1.807, 2.05) is 0 Å². The molecule has 0 saturated heterocycles. The summed E-state index contributed by atoms with van der Waals surface area (Å²) in [6.45, 7) is 6.45. The molecule has 17 heavy (non-hydrogen) atoms. The van der Waals surface area contributed by atoms with Crippen LogP contribution in [0.4, 0.5) is 0 Å². The predicted molar refractivity (Wildman–Crippen MR) is 73.6 cm³/mol. The summed E-state index contributed by atoms with van der Waals surface area (Å²) in [6, 6.07) is 0.392. The third-order valence-electron chi connectivity index (χ3n) is 2.43. The molecule has 0 aliphatic carbocycles. The summed E-state index contributed by atoms with van der Waals surface area (Å²) >= 11 is 3.17. The summed E-state index contributed by atoms with van der Waals surface area (Å²) in [5.74, 6) is 1.02. The molecule has 4 nitrogen and oxygen atoms in total. The van der Waals surface area contributed by atoms with Crippen LogP contribution in [0.25, 0.3) is 0 Å². The number of hydrogen-bond donors (Lipinski definition) is 2. The molecule has 0 amide bonds. The van der Waals surface area contributed by atoms with Crippen molar-refractivity contribution in [2.24, 2.45) is 0 Å². The highest BCUT2D eigenvalue weighted by atomic mass is 32.2. The van der Waals surface area contributed by atoms with Crippen LogP contribution in [0, 0.1) is 0 Å². The van der Waals surface area contributed by atoms with Crippen LogP contribution in [0.2, 0.25) is 0 Å². The summed E-state index contributed by atoms with van der Waals surface area (Å²) in [5, 5.41) is 12.8. The van der Waals surface area contributed by atoms with E-state index in [-0.39, 0.29) is 12.1 Å². The van der Waals surface area contributed by atoms with Gasteiger partial charge in [-0.3, -0.25) is 0 Å². The molecule has 6 heteroatoms. The van der Waals surface area contributed by atoms with Crippen LogP contribution in [0.3, 0.4) is 0 Å². The van der Waals surface area contributed by atoms with Gasteiger partial charge in [-0.05, 0) is 31.3 Å². The van der Waals surface area contributed by atoms with E-state index in [0.29, 0.717) is 6.04 Å². The van der Waals surface area contributed by atoms with Crippen LogP contribution in [-0.4, -0.2) is 38.4 Å². The predicted octanol–water partition coefficient (Wildman–Crippen LogP) is 2.16. The van der Waals surface area contributed by atoms with Crippen LogP contribution in [0.15, 0.2) is 10.7 Å². The molecule has 1 heterocycles. The minimum Gasteiger partial charge on any atom is -0.394 e. The van der Waals surface area contributed by atoms with Crippen molar-refractivity contribution < 1.29 is 5.11 Å². The van der Waals surface area contributed by atoms with Crippen molar-refractivity contribution in [3.05, 3.63) is 6.33 Å². The summed E-state index contributed by atoms with van der Waals surface area (Å²) in [4.78, 5) is 4.12. The summed E-state index contributed by atoms with van der Waals surface area (Å²) in [5.41, 5.74) is -0.171. The zero-order chi connectivity index (χ0) is 12.7. The monoisotopic (exact) mass is 275 g/mol. The Morgan fingerprint density at radius 1 is 1.59 bits per heavy atom. The minimum absolute atomic E-state index is 0.171. The molecule has 1 unspecified atom stereocenters. The van der Waals surface area contributed by atoms with Gasteiger partial charge in [-0.2, -0.15) is 4.37 Å². The summed E-state index contributed by atoms with van der Waals surface area (Å²) < 4.78 is 4.98. The third-order valence-corrected chi connectivity index (χ3v) is 4.31. The van der Waals surface area contributed by atoms with Gasteiger partial charge in [-0.1, -0.05) is 25.6 Å². The Kier molecular flexibility index (Phi) is 6.40. The highest BCUT2D eigenvalue weighted by Gasteiger charge is 2.23. The molecule has 1 aromatic rings. The first-order chi connectivity index (χ1) is 8.06. The van der Waals surface area contributed by atoms with Gasteiger partial charge in [0, 0.05) is 17.3 Å². The van der Waals surface area contributed by atoms with E-state index >= 15 is 0 Å². The second kappa shape index (κ2) is 7.31. The SMILES string of the molecule is CC(C)NC(C)(CO)CCCSc1ncns1. The van der Waals surface area contributed by atoms with Crippen LogP contribution < -0.4 is 5.32 Å². The van der Waals surface area contributed by atoms with E-state index in [2.05, 4.69) is 35.4 Å². The molecule has 0 aromatic carbocycles. The molecule has 0 radical (unpaired) electrons. The number of aromatic nitrogens is 2. The average Bonchev–Trinajstić information content (AvgIpc) is 2.76. The van der Waals surface area contributed by atoms with Crippen LogP contribution in [0.1, 0.15) is 33.6 Å². The van der Waals surface area contributed by atoms with Crippen LogP contribution in [0.5, 0.6) is 0 Å². The quantitative estimate of drug-likeness (QED) is 0.562. The van der Waals surface area contributed by atoms with Gasteiger partial charge < -0.3 is 10.4 Å². The number of aliphatic hydroxyl groups excluding tert-OH is 1. The fourth-order valence-electron chi connectivity index (χ4n) is 1.74. The molecular formula is C11H21N3OS2. The number of nitrogens with zero attached hydrogens (tertiary/aromatic N) is 2. The van der Waals surface area contributed by atoms with Gasteiger partial charge in [0.25, 0.3) is 0 Å². The number of hydrogen-bond acceptors (Lipinski definition) is 6. The molecule has 1 rings (SSSR count). The molecule has 0 aliphatic rings. The topological polar surface area (TPSA) is 58.0 Å². The molecule has 0 spiro atoms. The molecule has 1 aromatic heterocycles. The van der Waals surface area contributed by atoms with Gasteiger partial charge in [0.15, 0.2) is 4.34 Å². The maximum absolute atomic E-state index is 9.43. The van der Waals surface area contributed by atoms with E-state index < -0.39 is 0 Å². The smallest absolute Gasteiger partial charge is 0.169 e. The number of nitrogens with one attached hydrogen (secondary N) is 1. The first-order valence-corrected chi connectivity index (χ1v) is 7.60. The van der Waals surface area contributed by atoms with E-state index in [1.165, 1.54) is 11.5 Å². The van der Waals surface area contributed by atoms with Gasteiger partial charge in [-0.15, -0.1) is 0 Å². The van der Waals surface area contributed by atoms with Crippen molar-refractivity contribution in [2.45, 2.75) is 49.5 Å². The molecule has 0 aliphatic heterocycles. The number of aliphatic hydroxyl groups is 1. The lowest BCUT2D eigenvalue weighted by atomic mass is 9.96. The highest BCUT2D eigenvalue weighted by Crippen LogP contribution is 2.21. The van der Waals surface area contributed by atoms with Crippen molar-refractivity contribution >= 4 is 23.3 Å². The lowest BCUT2D eigenvalue weighted by Crippen LogP contribution is -2.49. The number of rotatable bonds is 8. The lowest BCUT2D eigenvalue weighted by molar-refractivity contribution is 0.156. The van der Waals surface area contributed by atoms with Crippen molar-refractivity contribution in [2.75, 3.05) is 12.4 Å².